The van der Waals surface area contributed by atoms with Crippen molar-refractivity contribution < 1.29 is 9.53 Å². The molecule has 21 heavy (non-hydrogen) atoms. The van der Waals surface area contributed by atoms with Crippen molar-refractivity contribution in [1.82, 2.24) is 14.5 Å². The molecule has 6 nitrogen and oxygen atoms in total. The molecule has 0 spiro atoms. The minimum absolute atomic E-state index is 0.121. The van der Waals surface area contributed by atoms with Crippen molar-refractivity contribution in [3.8, 4) is 0 Å². The lowest BCUT2D eigenvalue weighted by atomic mass is 10.1. The summed E-state index contributed by atoms with van der Waals surface area (Å²) in [6, 6.07) is 0. The fourth-order valence-electron chi connectivity index (χ4n) is 1.99. The number of nitrogens with zero attached hydrogens (tertiary/aromatic N) is 3. The summed E-state index contributed by atoms with van der Waals surface area (Å²) < 4.78 is 7.58. The Hall–Kier alpha value is -1.63. The van der Waals surface area contributed by atoms with Gasteiger partial charge in [-0.05, 0) is 43.6 Å². The highest BCUT2D eigenvalue weighted by atomic mass is 79.9. The number of ether oxygens (including phenoxy) is 1. The van der Waals surface area contributed by atoms with Crippen LogP contribution >= 0.6 is 15.9 Å². The summed E-state index contributed by atoms with van der Waals surface area (Å²) in [5, 5.41) is 4.20. The number of carbonyl (C=O) groups is 1. The molecule has 0 radical (unpaired) electrons. The number of hydrogen-bond donors (Lipinski definition) is 1. The third-order valence-corrected chi connectivity index (χ3v) is 3.31. The number of rotatable bonds is 4. The van der Waals surface area contributed by atoms with E-state index >= 15 is 0 Å². The van der Waals surface area contributed by atoms with Crippen LogP contribution in [0.4, 0.5) is 5.82 Å². The molecular formula is C14H19BrN4O2. The first-order chi connectivity index (χ1) is 9.81. The average Bonchev–Trinajstić information content (AvgIpc) is 2.66. The van der Waals surface area contributed by atoms with Gasteiger partial charge in [0.25, 0.3) is 0 Å². The SMILES string of the molecule is CCOC(=O)Cn1cc(Br)c2c(NC(C)(C)C)ncnc21. The van der Waals surface area contributed by atoms with Crippen LogP contribution < -0.4 is 5.32 Å². The van der Waals surface area contributed by atoms with E-state index in [2.05, 4.69) is 52.0 Å². The molecule has 2 heterocycles. The molecule has 2 rings (SSSR count). The van der Waals surface area contributed by atoms with Crippen molar-refractivity contribution in [1.29, 1.82) is 0 Å². The zero-order valence-corrected chi connectivity index (χ0v) is 14.2. The smallest absolute Gasteiger partial charge is 0.325 e. The maximum Gasteiger partial charge on any atom is 0.325 e. The summed E-state index contributed by atoms with van der Waals surface area (Å²) >= 11 is 3.51. The average molecular weight is 355 g/mol. The lowest BCUT2D eigenvalue weighted by Crippen LogP contribution is -2.26. The maximum absolute atomic E-state index is 11.7. The Bertz CT molecular complexity index is 661. The number of esters is 1. The fourth-order valence-corrected chi connectivity index (χ4v) is 2.60. The molecule has 0 aliphatic heterocycles. The van der Waals surface area contributed by atoms with Crippen molar-refractivity contribution in [3.63, 3.8) is 0 Å². The third kappa shape index (κ3) is 3.72. The summed E-state index contributed by atoms with van der Waals surface area (Å²) in [5.74, 6) is 0.452. The van der Waals surface area contributed by atoms with E-state index in [1.54, 1.807) is 11.5 Å². The monoisotopic (exact) mass is 354 g/mol. The van der Waals surface area contributed by atoms with Gasteiger partial charge in [-0.1, -0.05) is 0 Å². The molecule has 0 unspecified atom stereocenters. The highest BCUT2D eigenvalue weighted by Crippen LogP contribution is 2.31. The van der Waals surface area contributed by atoms with E-state index in [0.717, 1.165) is 15.7 Å². The van der Waals surface area contributed by atoms with Gasteiger partial charge in [-0.25, -0.2) is 9.97 Å². The predicted molar refractivity (Wildman–Crippen MR) is 85.2 cm³/mol. The van der Waals surface area contributed by atoms with Crippen LogP contribution in [0.5, 0.6) is 0 Å². The molecule has 7 heteroatoms. The van der Waals surface area contributed by atoms with Gasteiger partial charge in [-0.3, -0.25) is 4.79 Å². The molecule has 0 fully saturated rings. The van der Waals surface area contributed by atoms with Crippen molar-refractivity contribution in [2.24, 2.45) is 0 Å². The topological polar surface area (TPSA) is 69.0 Å². The minimum atomic E-state index is -0.286. The first kappa shape index (κ1) is 15.8. The van der Waals surface area contributed by atoms with Gasteiger partial charge in [0.15, 0.2) is 0 Å². The van der Waals surface area contributed by atoms with Gasteiger partial charge in [0.2, 0.25) is 0 Å². The molecule has 0 saturated carbocycles. The molecule has 0 aliphatic rings. The van der Waals surface area contributed by atoms with Gasteiger partial charge in [0, 0.05) is 16.2 Å². The first-order valence-corrected chi connectivity index (χ1v) is 7.54. The van der Waals surface area contributed by atoms with E-state index in [-0.39, 0.29) is 18.1 Å². The minimum Gasteiger partial charge on any atom is -0.465 e. The highest BCUT2D eigenvalue weighted by molar-refractivity contribution is 9.10. The molecule has 0 bridgehead atoms. The lowest BCUT2D eigenvalue weighted by molar-refractivity contribution is -0.143. The second-order valence-corrected chi connectivity index (χ2v) is 6.56. The predicted octanol–water partition coefficient (Wildman–Crippen LogP) is 2.97. The number of hydrogen-bond acceptors (Lipinski definition) is 5. The lowest BCUT2D eigenvalue weighted by Gasteiger charge is -2.21. The van der Waals surface area contributed by atoms with E-state index in [9.17, 15) is 4.79 Å². The maximum atomic E-state index is 11.7. The van der Waals surface area contributed by atoms with Crippen LogP contribution in [0.15, 0.2) is 17.0 Å². The molecule has 0 aromatic carbocycles. The molecule has 0 saturated heterocycles. The van der Waals surface area contributed by atoms with Crippen LogP contribution in [-0.4, -0.2) is 32.7 Å². The Morgan fingerprint density at radius 2 is 2.14 bits per heavy atom. The fraction of sp³-hybridized carbons (Fsp3) is 0.500. The van der Waals surface area contributed by atoms with E-state index < -0.39 is 0 Å². The Labute approximate surface area is 132 Å². The van der Waals surface area contributed by atoms with E-state index in [1.807, 2.05) is 6.20 Å². The van der Waals surface area contributed by atoms with Crippen LogP contribution in [0.25, 0.3) is 11.0 Å². The van der Waals surface area contributed by atoms with E-state index in [0.29, 0.717) is 12.3 Å². The van der Waals surface area contributed by atoms with Gasteiger partial charge < -0.3 is 14.6 Å². The Kier molecular flexibility index (Phi) is 4.51. The Balaban J connectivity index is 2.43. The van der Waals surface area contributed by atoms with Crippen molar-refractivity contribution in [2.75, 3.05) is 11.9 Å². The summed E-state index contributed by atoms with van der Waals surface area (Å²) in [4.78, 5) is 20.2. The quantitative estimate of drug-likeness (QED) is 0.854. The van der Waals surface area contributed by atoms with E-state index in [4.69, 9.17) is 4.74 Å². The van der Waals surface area contributed by atoms with Gasteiger partial charge in [0.05, 0.1) is 12.0 Å². The van der Waals surface area contributed by atoms with Gasteiger partial charge in [-0.2, -0.15) is 0 Å². The van der Waals surface area contributed by atoms with E-state index in [1.165, 1.54) is 6.33 Å². The molecular weight excluding hydrogens is 336 g/mol. The van der Waals surface area contributed by atoms with Crippen LogP contribution in [0.3, 0.4) is 0 Å². The van der Waals surface area contributed by atoms with Crippen LogP contribution in [0.2, 0.25) is 0 Å². The number of halogens is 1. The first-order valence-electron chi connectivity index (χ1n) is 6.75. The Morgan fingerprint density at radius 3 is 2.76 bits per heavy atom. The number of carbonyl (C=O) groups excluding carboxylic acids is 1. The summed E-state index contributed by atoms with van der Waals surface area (Å²) in [7, 11) is 0. The molecule has 114 valence electrons. The van der Waals surface area contributed by atoms with Crippen molar-refractivity contribution >= 4 is 38.8 Å². The number of fused-ring (bicyclic) bond motifs is 1. The summed E-state index contributed by atoms with van der Waals surface area (Å²) in [6.07, 6.45) is 3.31. The zero-order chi connectivity index (χ0) is 15.6. The van der Waals surface area contributed by atoms with Crippen LogP contribution in [0, 0.1) is 0 Å². The van der Waals surface area contributed by atoms with Crippen molar-refractivity contribution in [2.45, 2.75) is 39.8 Å². The summed E-state index contributed by atoms with van der Waals surface area (Å²) in [6.45, 7) is 8.46. The second kappa shape index (κ2) is 6.01. The highest BCUT2D eigenvalue weighted by Gasteiger charge is 2.18. The molecule has 1 N–H and O–H groups in total. The number of nitrogens with one attached hydrogen (secondary N) is 1. The standard InChI is InChI=1S/C14H19BrN4O2/c1-5-21-10(20)7-19-6-9(15)11-12(18-14(2,3)4)16-8-17-13(11)19/h6,8H,5,7H2,1-4H3,(H,16,17,18). The molecule has 0 amide bonds. The molecule has 0 atom stereocenters. The van der Waals surface area contributed by atoms with Crippen LogP contribution in [-0.2, 0) is 16.1 Å². The molecule has 2 aromatic heterocycles. The zero-order valence-electron chi connectivity index (χ0n) is 12.6. The number of anilines is 1. The van der Waals surface area contributed by atoms with Crippen LogP contribution in [0.1, 0.15) is 27.7 Å². The number of aromatic nitrogens is 3. The van der Waals surface area contributed by atoms with Gasteiger partial charge >= 0.3 is 5.97 Å². The van der Waals surface area contributed by atoms with Gasteiger partial charge in [0.1, 0.15) is 24.3 Å². The second-order valence-electron chi connectivity index (χ2n) is 5.71. The Morgan fingerprint density at radius 1 is 1.43 bits per heavy atom. The van der Waals surface area contributed by atoms with Crippen molar-refractivity contribution in [3.05, 3.63) is 17.0 Å². The molecule has 0 aliphatic carbocycles. The normalized spacial score (nSPS) is 11.7. The van der Waals surface area contributed by atoms with Gasteiger partial charge in [-0.15, -0.1) is 0 Å². The third-order valence-electron chi connectivity index (χ3n) is 2.71. The molecule has 2 aromatic rings. The summed E-state index contributed by atoms with van der Waals surface area (Å²) in [5.41, 5.74) is 0.570. The largest absolute Gasteiger partial charge is 0.465 e.